The quantitative estimate of drug-likeness (QED) is 0.753. The summed E-state index contributed by atoms with van der Waals surface area (Å²) in [7, 11) is 2.19. The molecule has 0 aliphatic carbocycles. The summed E-state index contributed by atoms with van der Waals surface area (Å²) in [5.74, 6) is 1.94. The lowest BCUT2D eigenvalue weighted by atomic mass is 10.1. The van der Waals surface area contributed by atoms with Gasteiger partial charge in [0, 0.05) is 24.4 Å². The van der Waals surface area contributed by atoms with Gasteiger partial charge in [-0.15, -0.1) is 0 Å². The molecule has 0 aromatic rings. The first-order valence-corrected chi connectivity index (χ1v) is 8.13. The van der Waals surface area contributed by atoms with Crippen LogP contribution in [-0.4, -0.2) is 48.0 Å². The maximum Gasteiger partial charge on any atom is 0.156 e. The molecule has 0 bridgehead atoms. The molecule has 0 radical (unpaired) electrons. The molecular formula is C14H29N3S. The Morgan fingerprint density at radius 3 is 2.72 bits per heavy atom. The van der Waals surface area contributed by atoms with E-state index in [0.29, 0.717) is 12.1 Å². The van der Waals surface area contributed by atoms with Gasteiger partial charge in [-0.2, -0.15) is 0 Å². The fraction of sp³-hybridized carbons (Fsp3) is 0.929. The van der Waals surface area contributed by atoms with Crippen LogP contribution in [0.1, 0.15) is 40.5 Å². The van der Waals surface area contributed by atoms with Crippen LogP contribution in [0.5, 0.6) is 0 Å². The Bertz CT molecular complexity index is 266. The molecule has 0 aromatic heterocycles. The van der Waals surface area contributed by atoms with Crippen LogP contribution in [0.4, 0.5) is 0 Å². The fourth-order valence-electron chi connectivity index (χ4n) is 1.74. The van der Waals surface area contributed by atoms with E-state index < -0.39 is 0 Å². The number of rotatable bonds is 6. The standard InChI is InChI=1S/C14H29N3S/c1-11(2)17(5)9-7-6-8-15-14-16-13(4)12(3)10-18-14/h11-13H,6-10H2,1-5H3,(H,15,16). The molecule has 106 valence electrons. The van der Waals surface area contributed by atoms with Crippen molar-refractivity contribution in [1.29, 1.82) is 0 Å². The summed E-state index contributed by atoms with van der Waals surface area (Å²) in [6.07, 6.45) is 2.43. The number of unbranched alkanes of at least 4 members (excludes halogenated alkanes) is 1. The molecule has 1 rings (SSSR count). The first-order chi connectivity index (χ1) is 8.50. The normalized spacial score (nSPS) is 26.9. The van der Waals surface area contributed by atoms with Gasteiger partial charge in [-0.3, -0.25) is 4.99 Å². The molecule has 4 heteroatoms. The Hall–Kier alpha value is -0.220. The first-order valence-electron chi connectivity index (χ1n) is 7.14. The predicted octanol–water partition coefficient (Wildman–Crippen LogP) is 2.82. The molecule has 2 atom stereocenters. The van der Waals surface area contributed by atoms with Gasteiger partial charge in [-0.05, 0) is 53.1 Å². The Morgan fingerprint density at radius 2 is 2.11 bits per heavy atom. The van der Waals surface area contributed by atoms with Gasteiger partial charge in [0.1, 0.15) is 0 Å². The molecule has 1 aliphatic heterocycles. The fourth-order valence-corrected chi connectivity index (χ4v) is 2.90. The molecule has 2 unspecified atom stereocenters. The zero-order valence-corrected chi connectivity index (χ0v) is 13.4. The molecule has 1 N–H and O–H groups in total. The van der Waals surface area contributed by atoms with E-state index in [1.54, 1.807) is 0 Å². The van der Waals surface area contributed by atoms with Gasteiger partial charge in [0.15, 0.2) is 5.17 Å². The summed E-state index contributed by atoms with van der Waals surface area (Å²) in [5.41, 5.74) is 0. The summed E-state index contributed by atoms with van der Waals surface area (Å²) >= 11 is 1.87. The van der Waals surface area contributed by atoms with E-state index in [1.165, 1.54) is 25.1 Å². The van der Waals surface area contributed by atoms with Crippen molar-refractivity contribution >= 4 is 16.9 Å². The Kier molecular flexibility index (Phi) is 7.08. The number of hydrogen-bond acceptors (Lipinski definition) is 3. The molecule has 0 spiro atoms. The van der Waals surface area contributed by atoms with Crippen LogP contribution in [0.25, 0.3) is 0 Å². The molecule has 1 fully saturated rings. The van der Waals surface area contributed by atoms with Gasteiger partial charge in [-0.25, -0.2) is 0 Å². The second-order valence-electron chi connectivity index (χ2n) is 5.69. The highest BCUT2D eigenvalue weighted by Crippen LogP contribution is 2.19. The summed E-state index contributed by atoms with van der Waals surface area (Å²) in [6, 6.07) is 1.21. The van der Waals surface area contributed by atoms with Gasteiger partial charge < -0.3 is 10.2 Å². The van der Waals surface area contributed by atoms with Gasteiger partial charge >= 0.3 is 0 Å². The van der Waals surface area contributed by atoms with Crippen molar-refractivity contribution in [2.24, 2.45) is 10.9 Å². The minimum absolute atomic E-state index is 0.567. The number of nitrogens with zero attached hydrogens (tertiary/aromatic N) is 2. The lowest BCUT2D eigenvalue weighted by molar-refractivity contribution is 0.269. The van der Waals surface area contributed by atoms with Crippen molar-refractivity contribution in [3.8, 4) is 0 Å². The highest BCUT2D eigenvalue weighted by molar-refractivity contribution is 8.13. The van der Waals surface area contributed by atoms with Crippen molar-refractivity contribution in [2.75, 3.05) is 25.9 Å². The maximum atomic E-state index is 4.66. The van der Waals surface area contributed by atoms with Crippen molar-refractivity contribution in [3.05, 3.63) is 0 Å². The molecular weight excluding hydrogens is 242 g/mol. The zero-order chi connectivity index (χ0) is 13.5. The van der Waals surface area contributed by atoms with E-state index >= 15 is 0 Å². The van der Waals surface area contributed by atoms with Crippen LogP contribution in [-0.2, 0) is 0 Å². The number of amidine groups is 1. The minimum atomic E-state index is 0.567. The third-order valence-corrected chi connectivity index (χ3v) is 4.96. The number of thioether (sulfide) groups is 1. The van der Waals surface area contributed by atoms with E-state index in [-0.39, 0.29) is 0 Å². The van der Waals surface area contributed by atoms with Crippen molar-refractivity contribution < 1.29 is 0 Å². The number of aliphatic imine (C=N–C) groups is 1. The molecule has 1 aliphatic rings. The summed E-state index contributed by atoms with van der Waals surface area (Å²) in [5, 5.41) is 4.64. The van der Waals surface area contributed by atoms with E-state index in [1.807, 2.05) is 11.8 Å². The van der Waals surface area contributed by atoms with Crippen LogP contribution in [0.15, 0.2) is 4.99 Å². The SMILES string of the molecule is CC1CSC(=NCCCCN(C)C(C)C)NC1C. The Morgan fingerprint density at radius 1 is 1.39 bits per heavy atom. The molecule has 1 heterocycles. The molecule has 1 saturated heterocycles. The van der Waals surface area contributed by atoms with Gasteiger partial charge in [-0.1, -0.05) is 18.7 Å². The first kappa shape index (κ1) is 15.8. The molecule has 0 aromatic carbocycles. The van der Waals surface area contributed by atoms with E-state index in [0.717, 1.165) is 17.6 Å². The highest BCUT2D eigenvalue weighted by atomic mass is 32.2. The second kappa shape index (κ2) is 8.05. The monoisotopic (exact) mass is 271 g/mol. The van der Waals surface area contributed by atoms with Crippen LogP contribution < -0.4 is 5.32 Å². The summed E-state index contributed by atoms with van der Waals surface area (Å²) < 4.78 is 0. The zero-order valence-electron chi connectivity index (χ0n) is 12.6. The Labute approximate surface area is 117 Å². The van der Waals surface area contributed by atoms with E-state index in [2.05, 4.69) is 50.0 Å². The molecule has 0 saturated carbocycles. The van der Waals surface area contributed by atoms with Crippen molar-refractivity contribution in [2.45, 2.75) is 52.6 Å². The highest BCUT2D eigenvalue weighted by Gasteiger charge is 2.20. The van der Waals surface area contributed by atoms with Crippen LogP contribution in [0.3, 0.4) is 0 Å². The van der Waals surface area contributed by atoms with E-state index in [9.17, 15) is 0 Å². The minimum Gasteiger partial charge on any atom is -0.362 e. The smallest absolute Gasteiger partial charge is 0.156 e. The van der Waals surface area contributed by atoms with Crippen molar-refractivity contribution in [1.82, 2.24) is 10.2 Å². The van der Waals surface area contributed by atoms with Crippen LogP contribution >= 0.6 is 11.8 Å². The third-order valence-electron chi connectivity index (χ3n) is 3.74. The number of hydrogen-bond donors (Lipinski definition) is 1. The topological polar surface area (TPSA) is 27.6 Å². The Balaban J connectivity index is 2.13. The average molecular weight is 271 g/mol. The third kappa shape index (κ3) is 5.61. The average Bonchev–Trinajstić information content (AvgIpc) is 2.32. The summed E-state index contributed by atoms with van der Waals surface area (Å²) in [6.45, 7) is 11.2. The van der Waals surface area contributed by atoms with Crippen molar-refractivity contribution in [3.63, 3.8) is 0 Å². The second-order valence-corrected chi connectivity index (χ2v) is 6.70. The largest absolute Gasteiger partial charge is 0.362 e. The molecule has 3 nitrogen and oxygen atoms in total. The predicted molar refractivity (Wildman–Crippen MR) is 83.5 cm³/mol. The molecule has 0 amide bonds. The van der Waals surface area contributed by atoms with Gasteiger partial charge in [0.2, 0.25) is 0 Å². The van der Waals surface area contributed by atoms with E-state index in [4.69, 9.17) is 0 Å². The number of nitrogens with one attached hydrogen (secondary N) is 1. The van der Waals surface area contributed by atoms with Gasteiger partial charge in [0.25, 0.3) is 0 Å². The maximum absolute atomic E-state index is 4.66. The van der Waals surface area contributed by atoms with Crippen LogP contribution in [0, 0.1) is 5.92 Å². The lowest BCUT2D eigenvalue weighted by Gasteiger charge is -2.28. The lowest BCUT2D eigenvalue weighted by Crippen LogP contribution is -2.41. The summed E-state index contributed by atoms with van der Waals surface area (Å²) in [4.78, 5) is 7.05. The van der Waals surface area contributed by atoms with Gasteiger partial charge in [0.05, 0.1) is 0 Å². The van der Waals surface area contributed by atoms with Crippen LogP contribution in [0.2, 0.25) is 0 Å². The molecule has 18 heavy (non-hydrogen) atoms.